The molecule has 3 N–H and O–H groups in total. The molecular formula is C12H23IN4O. The maximum Gasteiger partial charge on any atom is 0.224 e. The Morgan fingerprint density at radius 1 is 1.44 bits per heavy atom. The van der Waals surface area contributed by atoms with Crippen LogP contribution in [0.3, 0.4) is 0 Å². The molecule has 1 saturated heterocycles. The Labute approximate surface area is 126 Å². The molecule has 1 fully saturated rings. The molecule has 0 saturated carbocycles. The van der Waals surface area contributed by atoms with Gasteiger partial charge in [-0.2, -0.15) is 0 Å². The zero-order valence-electron chi connectivity index (χ0n) is 10.9. The molecule has 0 atom stereocenters. The second-order valence-electron chi connectivity index (χ2n) is 4.42. The number of rotatable bonds is 5. The van der Waals surface area contributed by atoms with Crippen LogP contribution < -0.4 is 11.1 Å². The van der Waals surface area contributed by atoms with Gasteiger partial charge < -0.3 is 16.0 Å². The van der Waals surface area contributed by atoms with Gasteiger partial charge in [-0.25, -0.2) is 4.99 Å². The molecular weight excluding hydrogens is 343 g/mol. The van der Waals surface area contributed by atoms with E-state index in [9.17, 15) is 4.79 Å². The van der Waals surface area contributed by atoms with E-state index in [1.54, 1.807) is 0 Å². The predicted molar refractivity (Wildman–Crippen MR) is 85.2 cm³/mol. The average molecular weight is 366 g/mol. The van der Waals surface area contributed by atoms with Gasteiger partial charge in [0.1, 0.15) is 0 Å². The lowest BCUT2D eigenvalue weighted by atomic mass is 10.3. The lowest BCUT2D eigenvalue weighted by molar-refractivity contribution is -0.129. The molecule has 0 aliphatic carbocycles. The number of nitrogens with one attached hydrogen (secondary N) is 1. The van der Waals surface area contributed by atoms with Gasteiger partial charge in [0.2, 0.25) is 5.91 Å². The zero-order valence-corrected chi connectivity index (χ0v) is 13.3. The van der Waals surface area contributed by atoms with Gasteiger partial charge >= 0.3 is 0 Å². The monoisotopic (exact) mass is 366 g/mol. The highest BCUT2D eigenvalue weighted by molar-refractivity contribution is 14.0. The van der Waals surface area contributed by atoms with Gasteiger partial charge in [-0.05, 0) is 19.8 Å². The van der Waals surface area contributed by atoms with Crippen molar-refractivity contribution in [1.82, 2.24) is 10.2 Å². The summed E-state index contributed by atoms with van der Waals surface area (Å²) < 4.78 is 0. The molecule has 1 amide bonds. The highest BCUT2D eigenvalue weighted by Crippen LogP contribution is 2.08. The molecule has 0 spiro atoms. The number of hydrogen-bond acceptors (Lipinski definition) is 2. The van der Waals surface area contributed by atoms with E-state index in [0.717, 1.165) is 31.5 Å². The summed E-state index contributed by atoms with van der Waals surface area (Å²) in [5.74, 6) is 0.574. The van der Waals surface area contributed by atoms with Crippen molar-refractivity contribution >= 4 is 35.8 Å². The summed E-state index contributed by atoms with van der Waals surface area (Å²) in [4.78, 5) is 17.7. The van der Waals surface area contributed by atoms with Crippen molar-refractivity contribution in [2.24, 2.45) is 10.7 Å². The van der Waals surface area contributed by atoms with Crippen LogP contribution in [0.25, 0.3) is 0 Å². The summed E-state index contributed by atoms with van der Waals surface area (Å²) >= 11 is 0. The molecule has 1 rings (SSSR count). The summed E-state index contributed by atoms with van der Waals surface area (Å²) in [6, 6.07) is 0. The van der Waals surface area contributed by atoms with E-state index in [1.807, 2.05) is 11.8 Å². The summed E-state index contributed by atoms with van der Waals surface area (Å²) in [5.41, 5.74) is 6.60. The summed E-state index contributed by atoms with van der Waals surface area (Å²) in [6.45, 7) is 8.50. The number of guanidine groups is 1. The third kappa shape index (κ3) is 6.83. The Bertz CT molecular complexity index is 311. The van der Waals surface area contributed by atoms with Crippen LogP contribution in [0.2, 0.25) is 0 Å². The van der Waals surface area contributed by atoms with Crippen molar-refractivity contribution in [3.63, 3.8) is 0 Å². The van der Waals surface area contributed by atoms with Crippen molar-refractivity contribution in [1.29, 1.82) is 0 Å². The van der Waals surface area contributed by atoms with E-state index in [0.29, 0.717) is 25.5 Å². The number of carbonyl (C=O) groups is 1. The minimum atomic E-state index is 0. The van der Waals surface area contributed by atoms with Crippen LogP contribution >= 0.6 is 24.0 Å². The molecule has 0 radical (unpaired) electrons. The first-order valence-electron chi connectivity index (χ1n) is 6.05. The van der Waals surface area contributed by atoms with Crippen LogP contribution in [0, 0.1) is 0 Å². The van der Waals surface area contributed by atoms with E-state index in [4.69, 9.17) is 5.73 Å². The number of nitrogens with two attached hydrogens (primary N) is 1. The number of aliphatic imine (C=N–C) groups is 1. The van der Waals surface area contributed by atoms with Gasteiger partial charge in [0, 0.05) is 26.1 Å². The highest BCUT2D eigenvalue weighted by Gasteiger charge is 2.16. The molecule has 1 aliphatic heterocycles. The molecule has 0 aromatic heterocycles. The summed E-state index contributed by atoms with van der Waals surface area (Å²) in [7, 11) is 0. The van der Waals surface area contributed by atoms with Crippen LogP contribution in [0.5, 0.6) is 0 Å². The molecule has 0 aromatic carbocycles. The SMILES string of the molecule is C=C(C)CN=C(N)NCCC(=O)N1CCCC1.I. The Morgan fingerprint density at radius 3 is 2.61 bits per heavy atom. The fourth-order valence-corrected chi connectivity index (χ4v) is 1.70. The molecule has 0 unspecified atom stereocenters. The maximum atomic E-state index is 11.7. The third-order valence-electron chi connectivity index (χ3n) is 2.62. The second kappa shape index (κ2) is 9.18. The van der Waals surface area contributed by atoms with Gasteiger partial charge in [-0.1, -0.05) is 12.2 Å². The minimum absolute atomic E-state index is 0. The number of carbonyl (C=O) groups excluding carboxylic acids is 1. The fourth-order valence-electron chi connectivity index (χ4n) is 1.70. The van der Waals surface area contributed by atoms with Gasteiger partial charge in [0.05, 0.1) is 6.54 Å². The molecule has 0 aromatic rings. The molecule has 1 aliphatic rings. The van der Waals surface area contributed by atoms with Gasteiger partial charge in [0.25, 0.3) is 0 Å². The maximum absolute atomic E-state index is 11.7. The Morgan fingerprint density at radius 2 is 2.06 bits per heavy atom. The average Bonchev–Trinajstić information content (AvgIpc) is 2.79. The van der Waals surface area contributed by atoms with Crippen molar-refractivity contribution in [3.8, 4) is 0 Å². The van der Waals surface area contributed by atoms with Crippen LogP contribution in [-0.4, -0.2) is 42.9 Å². The van der Waals surface area contributed by atoms with Crippen molar-refractivity contribution in [2.75, 3.05) is 26.2 Å². The highest BCUT2D eigenvalue weighted by atomic mass is 127. The number of hydrogen-bond donors (Lipinski definition) is 2. The lowest BCUT2D eigenvalue weighted by Gasteiger charge is -2.15. The molecule has 1 heterocycles. The summed E-state index contributed by atoms with van der Waals surface area (Å²) in [5, 5.41) is 2.93. The summed E-state index contributed by atoms with van der Waals surface area (Å²) in [6.07, 6.45) is 2.73. The first kappa shape index (κ1) is 17.2. The number of amides is 1. The quantitative estimate of drug-likeness (QED) is 0.331. The van der Waals surface area contributed by atoms with E-state index in [1.165, 1.54) is 0 Å². The molecule has 5 nitrogen and oxygen atoms in total. The van der Waals surface area contributed by atoms with E-state index in [2.05, 4.69) is 16.9 Å². The molecule has 0 bridgehead atoms. The van der Waals surface area contributed by atoms with Gasteiger partial charge in [-0.3, -0.25) is 4.79 Å². The smallest absolute Gasteiger partial charge is 0.224 e. The van der Waals surface area contributed by atoms with Crippen molar-refractivity contribution in [3.05, 3.63) is 12.2 Å². The van der Waals surface area contributed by atoms with Crippen LogP contribution in [-0.2, 0) is 4.79 Å². The molecule has 18 heavy (non-hydrogen) atoms. The first-order chi connectivity index (χ1) is 8.09. The zero-order chi connectivity index (χ0) is 12.7. The largest absolute Gasteiger partial charge is 0.370 e. The fraction of sp³-hybridized carbons (Fsp3) is 0.667. The number of halogens is 1. The van der Waals surface area contributed by atoms with Crippen LogP contribution in [0.15, 0.2) is 17.1 Å². The van der Waals surface area contributed by atoms with E-state index < -0.39 is 0 Å². The Kier molecular flexibility index (Phi) is 8.78. The van der Waals surface area contributed by atoms with Crippen molar-refractivity contribution < 1.29 is 4.79 Å². The van der Waals surface area contributed by atoms with Crippen LogP contribution in [0.1, 0.15) is 26.2 Å². The Balaban J connectivity index is 0.00000289. The topological polar surface area (TPSA) is 70.7 Å². The molecule has 104 valence electrons. The third-order valence-corrected chi connectivity index (χ3v) is 2.62. The number of likely N-dealkylation sites (tertiary alicyclic amines) is 1. The lowest BCUT2D eigenvalue weighted by Crippen LogP contribution is -2.36. The Hall–Kier alpha value is -0.790. The molecule has 6 heteroatoms. The van der Waals surface area contributed by atoms with Crippen LogP contribution in [0.4, 0.5) is 0 Å². The predicted octanol–water partition coefficient (Wildman–Crippen LogP) is 1.10. The van der Waals surface area contributed by atoms with E-state index in [-0.39, 0.29) is 29.9 Å². The second-order valence-corrected chi connectivity index (χ2v) is 4.42. The normalized spacial score (nSPS) is 15.2. The number of nitrogens with zero attached hydrogens (tertiary/aromatic N) is 2. The van der Waals surface area contributed by atoms with Gasteiger partial charge in [0.15, 0.2) is 5.96 Å². The minimum Gasteiger partial charge on any atom is -0.370 e. The van der Waals surface area contributed by atoms with E-state index >= 15 is 0 Å². The van der Waals surface area contributed by atoms with Gasteiger partial charge in [-0.15, -0.1) is 24.0 Å². The first-order valence-corrected chi connectivity index (χ1v) is 6.05. The standard InChI is InChI=1S/C12H22N4O.HI/c1-10(2)9-15-12(13)14-6-5-11(17)16-7-3-4-8-16;/h1,3-9H2,2H3,(H3,13,14,15);1H. The van der Waals surface area contributed by atoms with Crippen molar-refractivity contribution in [2.45, 2.75) is 26.2 Å².